The van der Waals surface area contributed by atoms with Crippen molar-refractivity contribution in [2.24, 2.45) is 5.92 Å². The monoisotopic (exact) mass is 400 g/mol. The largest absolute Gasteiger partial charge is 0.325 e. The summed E-state index contributed by atoms with van der Waals surface area (Å²) in [7, 11) is -3.37. The van der Waals surface area contributed by atoms with E-state index in [1.54, 1.807) is 17.9 Å². The van der Waals surface area contributed by atoms with Crippen LogP contribution in [0.4, 0.5) is 11.4 Å². The summed E-state index contributed by atoms with van der Waals surface area (Å²) in [5.74, 6) is -0.856. The fourth-order valence-corrected chi connectivity index (χ4v) is 3.93. The Hall–Kier alpha value is -2.67. The third kappa shape index (κ3) is 4.25. The van der Waals surface area contributed by atoms with Crippen molar-refractivity contribution in [3.8, 4) is 0 Å². The van der Waals surface area contributed by atoms with Crippen LogP contribution in [0.5, 0.6) is 0 Å². The summed E-state index contributed by atoms with van der Waals surface area (Å²) in [5.41, 5.74) is 3.14. The number of rotatable bonds is 5. The van der Waals surface area contributed by atoms with Crippen LogP contribution in [-0.4, -0.2) is 33.0 Å². The van der Waals surface area contributed by atoms with Crippen LogP contribution in [0.1, 0.15) is 24.5 Å². The average molecular weight is 401 g/mol. The Balaban J connectivity index is 1.77. The first-order valence-electron chi connectivity index (χ1n) is 9.20. The Labute approximate surface area is 165 Å². The fraction of sp³-hybridized carbons (Fsp3) is 0.333. The molecule has 0 aromatic heterocycles. The summed E-state index contributed by atoms with van der Waals surface area (Å²) >= 11 is 0. The lowest BCUT2D eigenvalue weighted by molar-refractivity contribution is -0.122. The van der Waals surface area contributed by atoms with E-state index >= 15 is 0 Å². The van der Waals surface area contributed by atoms with Crippen molar-refractivity contribution in [2.45, 2.75) is 31.6 Å². The molecule has 1 heterocycles. The highest BCUT2D eigenvalue weighted by Gasteiger charge is 2.35. The summed E-state index contributed by atoms with van der Waals surface area (Å²) in [6.45, 7) is 4.15. The van der Waals surface area contributed by atoms with Crippen molar-refractivity contribution < 1.29 is 18.0 Å². The van der Waals surface area contributed by atoms with Gasteiger partial charge in [0.25, 0.3) is 0 Å². The molecule has 6 nitrogen and oxygen atoms in total. The Kier molecular flexibility index (Phi) is 5.56. The zero-order valence-corrected chi connectivity index (χ0v) is 17.0. The molecule has 1 atom stereocenters. The van der Waals surface area contributed by atoms with E-state index in [1.807, 2.05) is 31.2 Å². The first-order chi connectivity index (χ1) is 13.2. The van der Waals surface area contributed by atoms with Gasteiger partial charge in [0.15, 0.2) is 9.84 Å². The topological polar surface area (TPSA) is 83.6 Å². The number of nitrogens with zero attached hydrogens (tertiary/aromatic N) is 1. The maximum absolute atomic E-state index is 12.7. The van der Waals surface area contributed by atoms with E-state index in [2.05, 4.69) is 5.32 Å². The zero-order valence-electron chi connectivity index (χ0n) is 16.2. The number of carbonyl (C=O) groups is 2. The third-order valence-corrected chi connectivity index (χ3v) is 6.13. The molecule has 2 aromatic carbocycles. The van der Waals surface area contributed by atoms with Crippen LogP contribution in [0.25, 0.3) is 0 Å². The maximum Gasteiger partial charge on any atom is 0.229 e. The van der Waals surface area contributed by atoms with Gasteiger partial charge in [0.05, 0.1) is 10.8 Å². The molecule has 148 valence electrons. The second kappa shape index (κ2) is 7.75. The Morgan fingerprint density at radius 2 is 1.96 bits per heavy atom. The highest BCUT2D eigenvalue weighted by molar-refractivity contribution is 7.90. The second-order valence-corrected chi connectivity index (χ2v) is 9.18. The molecular weight excluding hydrogens is 376 g/mol. The minimum Gasteiger partial charge on any atom is -0.325 e. The van der Waals surface area contributed by atoms with E-state index in [-0.39, 0.29) is 23.1 Å². The number of aryl methyl sites for hydroxylation is 2. The van der Waals surface area contributed by atoms with Crippen LogP contribution in [0.15, 0.2) is 47.4 Å². The molecule has 7 heteroatoms. The van der Waals surface area contributed by atoms with Crippen LogP contribution >= 0.6 is 0 Å². The molecule has 0 aliphatic carbocycles. The molecule has 0 spiro atoms. The van der Waals surface area contributed by atoms with E-state index in [0.29, 0.717) is 12.2 Å². The number of hydrogen-bond donors (Lipinski definition) is 1. The summed E-state index contributed by atoms with van der Waals surface area (Å²) in [6.07, 6.45) is 2.13. The lowest BCUT2D eigenvalue weighted by Gasteiger charge is -2.18. The van der Waals surface area contributed by atoms with Gasteiger partial charge in [0, 0.05) is 30.6 Å². The van der Waals surface area contributed by atoms with Crippen LogP contribution < -0.4 is 10.2 Å². The smallest absolute Gasteiger partial charge is 0.229 e. The van der Waals surface area contributed by atoms with E-state index < -0.39 is 15.8 Å². The Bertz CT molecular complexity index is 1030. The van der Waals surface area contributed by atoms with Gasteiger partial charge in [0.2, 0.25) is 11.8 Å². The Morgan fingerprint density at radius 1 is 1.21 bits per heavy atom. The second-order valence-electron chi connectivity index (χ2n) is 7.17. The number of amides is 2. The van der Waals surface area contributed by atoms with Gasteiger partial charge in [-0.1, -0.05) is 25.1 Å². The maximum atomic E-state index is 12.7. The summed E-state index contributed by atoms with van der Waals surface area (Å²) in [5, 5.41) is 2.80. The zero-order chi connectivity index (χ0) is 20.5. The lowest BCUT2D eigenvalue weighted by Crippen LogP contribution is -2.28. The number of benzene rings is 2. The molecule has 0 bridgehead atoms. The predicted octanol–water partition coefficient (Wildman–Crippen LogP) is 2.95. The van der Waals surface area contributed by atoms with E-state index in [1.165, 1.54) is 12.1 Å². The number of anilines is 2. The minimum atomic E-state index is -3.37. The number of carbonyl (C=O) groups excluding carboxylic acids is 2. The molecule has 1 aliphatic rings. The normalized spacial score (nSPS) is 17.0. The predicted molar refractivity (Wildman–Crippen MR) is 109 cm³/mol. The summed E-state index contributed by atoms with van der Waals surface area (Å²) < 4.78 is 23.5. The quantitative estimate of drug-likeness (QED) is 0.836. The molecule has 3 rings (SSSR count). The molecule has 1 aliphatic heterocycles. The lowest BCUT2D eigenvalue weighted by atomic mass is 10.1. The van der Waals surface area contributed by atoms with E-state index in [9.17, 15) is 18.0 Å². The van der Waals surface area contributed by atoms with Gasteiger partial charge in [-0.05, 0) is 48.7 Å². The molecular formula is C21H24N2O4S. The molecule has 2 aromatic rings. The van der Waals surface area contributed by atoms with Gasteiger partial charge in [-0.25, -0.2) is 8.42 Å². The summed E-state index contributed by atoms with van der Waals surface area (Å²) in [6, 6.07) is 12.4. The Morgan fingerprint density at radius 3 is 2.64 bits per heavy atom. The molecule has 0 saturated carbocycles. The molecule has 1 N–H and O–H groups in total. The average Bonchev–Trinajstić information content (AvgIpc) is 3.04. The molecule has 2 amide bonds. The molecule has 1 saturated heterocycles. The van der Waals surface area contributed by atoms with E-state index in [4.69, 9.17) is 0 Å². The first-order valence-corrected chi connectivity index (χ1v) is 11.1. The summed E-state index contributed by atoms with van der Waals surface area (Å²) in [4.78, 5) is 27.0. The van der Waals surface area contributed by atoms with Gasteiger partial charge in [-0.15, -0.1) is 0 Å². The first kappa shape index (κ1) is 20.1. The van der Waals surface area contributed by atoms with Crippen molar-refractivity contribution in [3.63, 3.8) is 0 Å². The minimum absolute atomic E-state index is 0.0880. The van der Waals surface area contributed by atoms with Gasteiger partial charge < -0.3 is 10.2 Å². The number of hydrogen-bond acceptors (Lipinski definition) is 4. The highest BCUT2D eigenvalue weighted by Crippen LogP contribution is 2.28. The van der Waals surface area contributed by atoms with Crippen LogP contribution in [0.3, 0.4) is 0 Å². The van der Waals surface area contributed by atoms with Crippen molar-refractivity contribution in [1.82, 2.24) is 0 Å². The van der Waals surface area contributed by atoms with Gasteiger partial charge in [-0.3, -0.25) is 9.59 Å². The molecule has 0 unspecified atom stereocenters. The fourth-order valence-electron chi connectivity index (χ4n) is 3.28. The van der Waals surface area contributed by atoms with E-state index in [0.717, 1.165) is 29.5 Å². The highest BCUT2D eigenvalue weighted by atomic mass is 32.2. The number of nitrogens with one attached hydrogen (secondary N) is 1. The molecule has 1 fully saturated rings. The van der Waals surface area contributed by atoms with Gasteiger partial charge in [-0.2, -0.15) is 0 Å². The SMILES string of the molecule is CCc1cccc(N2C[C@H](C(=O)Nc3cc(S(C)(=O)=O)ccc3C)CC2=O)c1. The van der Waals surface area contributed by atoms with Crippen LogP contribution in [-0.2, 0) is 25.8 Å². The standard InChI is InChI=1S/C21H24N2O4S/c1-4-15-6-5-7-17(10-15)23-13-16(11-20(23)24)21(25)22-19-12-18(28(3,26)27)9-8-14(19)2/h5-10,12,16H,4,11,13H2,1-3H3,(H,22,25)/t16-/m1/s1. The van der Waals surface area contributed by atoms with Crippen molar-refractivity contribution >= 4 is 33.0 Å². The molecule has 28 heavy (non-hydrogen) atoms. The van der Waals surface area contributed by atoms with Crippen molar-refractivity contribution in [1.29, 1.82) is 0 Å². The van der Waals surface area contributed by atoms with Crippen molar-refractivity contribution in [3.05, 3.63) is 53.6 Å². The van der Waals surface area contributed by atoms with Crippen LogP contribution in [0.2, 0.25) is 0 Å². The van der Waals surface area contributed by atoms with Gasteiger partial charge in [0.1, 0.15) is 0 Å². The van der Waals surface area contributed by atoms with Gasteiger partial charge >= 0.3 is 0 Å². The van der Waals surface area contributed by atoms with Crippen molar-refractivity contribution in [2.75, 3.05) is 23.0 Å². The third-order valence-electron chi connectivity index (χ3n) is 5.02. The number of sulfone groups is 1. The van der Waals surface area contributed by atoms with Crippen LogP contribution in [0, 0.1) is 12.8 Å². The molecule has 0 radical (unpaired) electrons.